The Hall–Kier alpha value is -1.38. The summed E-state index contributed by atoms with van der Waals surface area (Å²) >= 11 is 4.59. The Bertz CT molecular complexity index is 767. The summed E-state index contributed by atoms with van der Waals surface area (Å²) in [6.45, 7) is 9.51. The van der Waals surface area contributed by atoms with Crippen molar-refractivity contribution in [3.63, 3.8) is 0 Å². The smallest absolute Gasteiger partial charge is 0.229 e. The molecule has 2 aromatic rings. The van der Waals surface area contributed by atoms with Crippen LogP contribution in [0, 0.1) is 5.41 Å². The van der Waals surface area contributed by atoms with Gasteiger partial charge in [-0.05, 0) is 36.9 Å². The lowest BCUT2D eigenvalue weighted by molar-refractivity contribution is -0.123. The van der Waals surface area contributed by atoms with E-state index in [1.807, 2.05) is 27.7 Å². The molecule has 140 valence electrons. The molecule has 1 aromatic carbocycles. The van der Waals surface area contributed by atoms with E-state index in [1.165, 1.54) is 23.1 Å². The molecule has 0 aliphatic carbocycles. The van der Waals surface area contributed by atoms with Crippen molar-refractivity contribution in [2.24, 2.45) is 5.41 Å². The molecule has 1 amide bonds. The summed E-state index contributed by atoms with van der Waals surface area (Å²) in [5.41, 5.74) is 0.842. The lowest BCUT2D eigenvalue weighted by atomic mass is 9.95. The van der Waals surface area contributed by atoms with Crippen LogP contribution in [0.25, 0.3) is 0 Å². The number of amides is 1. The van der Waals surface area contributed by atoms with Gasteiger partial charge in [0.25, 0.3) is 0 Å². The quantitative estimate of drug-likeness (QED) is 0.512. The van der Waals surface area contributed by atoms with Gasteiger partial charge >= 0.3 is 0 Å². The zero-order valence-electron chi connectivity index (χ0n) is 15.5. The van der Waals surface area contributed by atoms with E-state index in [-0.39, 0.29) is 16.9 Å². The number of rotatable bonds is 7. The molecule has 1 heterocycles. The third-order valence-corrected chi connectivity index (χ3v) is 6.53. The predicted molar refractivity (Wildman–Crippen MR) is 110 cm³/mol. The number of aromatic nitrogens is 2. The number of hydrogen-bond donors (Lipinski definition) is 1. The van der Waals surface area contributed by atoms with Gasteiger partial charge in [0.05, 0.1) is 5.25 Å². The van der Waals surface area contributed by atoms with Crippen molar-refractivity contribution in [1.29, 1.82) is 0 Å². The van der Waals surface area contributed by atoms with Crippen molar-refractivity contribution in [3.8, 4) is 0 Å². The van der Waals surface area contributed by atoms with Crippen molar-refractivity contribution in [3.05, 3.63) is 29.8 Å². The summed E-state index contributed by atoms with van der Waals surface area (Å²) in [5.74, 6) is 0.924. The summed E-state index contributed by atoms with van der Waals surface area (Å²) in [4.78, 5) is 24.6. The fourth-order valence-electron chi connectivity index (χ4n) is 1.90. The summed E-state index contributed by atoms with van der Waals surface area (Å²) in [6.07, 6.45) is 0. The van der Waals surface area contributed by atoms with E-state index in [1.54, 1.807) is 36.0 Å². The molecule has 0 spiro atoms. The maximum atomic E-state index is 12.6. The van der Waals surface area contributed by atoms with Crippen LogP contribution in [-0.4, -0.2) is 32.9 Å². The van der Waals surface area contributed by atoms with Gasteiger partial charge in [-0.1, -0.05) is 62.6 Å². The van der Waals surface area contributed by atoms with E-state index < -0.39 is 5.41 Å². The van der Waals surface area contributed by atoms with Crippen LogP contribution in [0.1, 0.15) is 45.0 Å². The van der Waals surface area contributed by atoms with Crippen LogP contribution in [-0.2, 0) is 4.79 Å². The standard InChI is InChI=1S/C18H23N3O2S3/c1-6-24-16-20-21-17(26-16)25-11(2)14(22)12-7-9-13(10-8-12)19-15(23)18(3,4)5/h7-11H,6H2,1-5H3,(H,19,23)/t11-/m1/s1. The van der Waals surface area contributed by atoms with Crippen LogP contribution in [0.5, 0.6) is 0 Å². The molecular formula is C18H23N3O2S3. The molecule has 0 saturated carbocycles. The first-order chi connectivity index (χ1) is 12.2. The van der Waals surface area contributed by atoms with Crippen molar-refractivity contribution >= 4 is 52.2 Å². The maximum absolute atomic E-state index is 12.6. The highest BCUT2D eigenvalue weighted by Gasteiger charge is 2.22. The minimum Gasteiger partial charge on any atom is -0.326 e. The second-order valence-electron chi connectivity index (χ2n) is 6.67. The van der Waals surface area contributed by atoms with E-state index in [0.717, 1.165) is 14.4 Å². The SMILES string of the molecule is CCSc1nnc(S[C@H](C)C(=O)c2ccc(NC(=O)C(C)(C)C)cc2)s1. The number of ketones is 1. The maximum Gasteiger partial charge on any atom is 0.229 e. The van der Waals surface area contributed by atoms with Gasteiger partial charge in [0, 0.05) is 16.7 Å². The number of carbonyl (C=O) groups is 2. The first-order valence-electron chi connectivity index (χ1n) is 8.29. The highest BCUT2D eigenvalue weighted by atomic mass is 32.2. The van der Waals surface area contributed by atoms with E-state index in [2.05, 4.69) is 22.4 Å². The number of hydrogen-bond acceptors (Lipinski definition) is 7. The topological polar surface area (TPSA) is 72.0 Å². The van der Waals surface area contributed by atoms with Gasteiger partial charge in [-0.2, -0.15) is 0 Å². The number of nitrogens with one attached hydrogen (secondary N) is 1. The Kier molecular flexibility index (Phi) is 7.25. The van der Waals surface area contributed by atoms with E-state index in [9.17, 15) is 9.59 Å². The van der Waals surface area contributed by atoms with Gasteiger partial charge in [0.15, 0.2) is 14.5 Å². The fraction of sp³-hybridized carbons (Fsp3) is 0.444. The zero-order valence-corrected chi connectivity index (χ0v) is 18.0. The Morgan fingerprint density at radius 1 is 1.15 bits per heavy atom. The third-order valence-electron chi connectivity index (χ3n) is 3.41. The highest BCUT2D eigenvalue weighted by Crippen LogP contribution is 2.32. The lowest BCUT2D eigenvalue weighted by Crippen LogP contribution is -2.27. The van der Waals surface area contributed by atoms with Gasteiger partial charge in [0.1, 0.15) is 0 Å². The Labute approximate surface area is 166 Å². The molecule has 0 unspecified atom stereocenters. The average Bonchev–Trinajstić information content (AvgIpc) is 3.01. The number of thioether (sulfide) groups is 2. The Morgan fingerprint density at radius 3 is 2.35 bits per heavy atom. The van der Waals surface area contributed by atoms with E-state index in [4.69, 9.17) is 0 Å². The molecule has 0 aliphatic heterocycles. The van der Waals surface area contributed by atoms with E-state index in [0.29, 0.717) is 11.3 Å². The normalized spacial score (nSPS) is 12.7. The lowest BCUT2D eigenvalue weighted by Gasteiger charge is -2.17. The van der Waals surface area contributed by atoms with Crippen LogP contribution in [0.2, 0.25) is 0 Å². The first-order valence-corrected chi connectivity index (χ1v) is 11.0. The molecule has 0 bridgehead atoms. The van der Waals surface area contributed by atoms with Crippen LogP contribution in [0.3, 0.4) is 0 Å². The van der Waals surface area contributed by atoms with E-state index >= 15 is 0 Å². The minimum atomic E-state index is -0.462. The van der Waals surface area contributed by atoms with Crippen LogP contribution in [0.15, 0.2) is 32.9 Å². The van der Waals surface area contributed by atoms with Crippen molar-refractivity contribution in [2.75, 3.05) is 11.1 Å². The molecule has 5 nitrogen and oxygen atoms in total. The Morgan fingerprint density at radius 2 is 1.77 bits per heavy atom. The second-order valence-corrected chi connectivity index (χ2v) is 10.7. The summed E-state index contributed by atoms with van der Waals surface area (Å²) in [7, 11) is 0. The van der Waals surface area contributed by atoms with Gasteiger partial charge in [0.2, 0.25) is 5.91 Å². The van der Waals surface area contributed by atoms with Crippen molar-refractivity contribution in [2.45, 2.75) is 48.5 Å². The molecule has 0 saturated heterocycles. The van der Waals surface area contributed by atoms with Crippen molar-refractivity contribution in [1.82, 2.24) is 10.2 Å². The highest BCUT2D eigenvalue weighted by molar-refractivity contribution is 8.03. The predicted octanol–water partition coefficient (Wildman–Crippen LogP) is 5.00. The number of benzene rings is 1. The number of anilines is 1. The molecular weight excluding hydrogens is 386 g/mol. The molecule has 0 fully saturated rings. The number of carbonyl (C=O) groups excluding carboxylic acids is 2. The van der Waals surface area contributed by atoms with Gasteiger partial charge in [-0.25, -0.2) is 0 Å². The summed E-state index contributed by atoms with van der Waals surface area (Å²) in [6, 6.07) is 7.01. The summed E-state index contributed by atoms with van der Waals surface area (Å²) in [5, 5.41) is 10.8. The molecule has 26 heavy (non-hydrogen) atoms. The van der Waals surface area contributed by atoms with Gasteiger partial charge < -0.3 is 5.32 Å². The Balaban J connectivity index is 1.98. The van der Waals surface area contributed by atoms with Gasteiger partial charge in [-0.15, -0.1) is 10.2 Å². The molecule has 2 rings (SSSR count). The molecule has 1 atom stereocenters. The molecule has 0 radical (unpaired) electrons. The summed E-state index contributed by atoms with van der Waals surface area (Å²) < 4.78 is 1.73. The first kappa shape index (κ1) is 20.9. The van der Waals surface area contributed by atoms with Crippen LogP contribution in [0.4, 0.5) is 5.69 Å². The van der Waals surface area contributed by atoms with Crippen LogP contribution >= 0.6 is 34.9 Å². The molecule has 1 N–H and O–H groups in total. The van der Waals surface area contributed by atoms with Crippen LogP contribution < -0.4 is 5.32 Å². The number of Topliss-reactive ketones (excluding diaryl/α,β-unsaturated/α-hetero) is 1. The average molecular weight is 410 g/mol. The molecule has 1 aromatic heterocycles. The zero-order chi connectivity index (χ0) is 19.3. The fourth-order valence-corrected chi connectivity index (χ4v) is 5.04. The monoisotopic (exact) mass is 409 g/mol. The van der Waals surface area contributed by atoms with Gasteiger partial charge in [-0.3, -0.25) is 9.59 Å². The minimum absolute atomic E-state index is 0.0311. The molecule has 8 heteroatoms. The third kappa shape index (κ3) is 5.82. The number of nitrogens with zero attached hydrogens (tertiary/aromatic N) is 2. The van der Waals surface area contributed by atoms with Crippen molar-refractivity contribution < 1.29 is 9.59 Å². The largest absolute Gasteiger partial charge is 0.326 e. The molecule has 0 aliphatic rings. The second kappa shape index (κ2) is 9.01.